The van der Waals surface area contributed by atoms with E-state index in [0.717, 1.165) is 11.4 Å². The lowest BCUT2D eigenvalue weighted by Crippen LogP contribution is -1.91. The molecule has 0 amide bonds. The predicted molar refractivity (Wildman–Crippen MR) is 63.4 cm³/mol. The van der Waals surface area contributed by atoms with Gasteiger partial charge in [-0.1, -0.05) is 17.7 Å². The molecule has 1 heterocycles. The maximum absolute atomic E-state index is 8.72. The zero-order valence-electron chi connectivity index (χ0n) is 8.94. The normalized spacial score (nSPS) is 9.50. The second-order valence-electron chi connectivity index (χ2n) is 3.53. The molecule has 16 heavy (non-hydrogen) atoms. The second kappa shape index (κ2) is 4.45. The van der Waals surface area contributed by atoms with Gasteiger partial charge in [-0.25, -0.2) is 4.98 Å². The van der Waals surface area contributed by atoms with E-state index in [4.69, 9.17) is 5.26 Å². The Balaban J connectivity index is 2.21. The van der Waals surface area contributed by atoms with Gasteiger partial charge >= 0.3 is 0 Å². The third-order valence-corrected chi connectivity index (χ3v) is 2.21. The molecule has 2 aromatic rings. The number of nitriles is 1. The molecular formula is C13H11N3. The fourth-order valence-electron chi connectivity index (χ4n) is 1.37. The zero-order valence-corrected chi connectivity index (χ0v) is 8.94. The fraction of sp³-hybridized carbons (Fsp3) is 0.0769. The number of anilines is 2. The van der Waals surface area contributed by atoms with Crippen molar-refractivity contribution in [3.63, 3.8) is 0 Å². The molecule has 78 valence electrons. The number of benzene rings is 1. The number of nitrogens with one attached hydrogen (secondary N) is 1. The lowest BCUT2D eigenvalue weighted by Gasteiger charge is -2.06. The smallest absolute Gasteiger partial charge is 0.142 e. The van der Waals surface area contributed by atoms with Crippen LogP contribution in [-0.4, -0.2) is 4.98 Å². The van der Waals surface area contributed by atoms with Crippen LogP contribution in [0.25, 0.3) is 0 Å². The van der Waals surface area contributed by atoms with E-state index in [0.29, 0.717) is 5.69 Å². The Labute approximate surface area is 94.4 Å². The highest BCUT2D eigenvalue weighted by Crippen LogP contribution is 2.16. The van der Waals surface area contributed by atoms with Gasteiger partial charge in [0, 0.05) is 17.6 Å². The van der Waals surface area contributed by atoms with Gasteiger partial charge in [0.1, 0.15) is 11.8 Å². The summed E-state index contributed by atoms with van der Waals surface area (Å²) in [5.74, 6) is 0. The van der Waals surface area contributed by atoms with Crippen LogP contribution in [0.4, 0.5) is 11.4 Å². The molecule has 0 aliphatic carbocycles. The van der Waals surface area contributed by atoms with Gasteiger partial charge < -0.3 is 5.32 Å². The molecule has 3 nitrogen and oxygen atoms in total. The van der Waals surface area contributed by atoms with Crippen molar-refractivity contribution in [2.24, 2.45) is 0 Å². The molecule has 0 radical (unpaired) electrons. The Bertz CT molecular complexity index is 524. The standard InChI is InChI=1S/C13H11N3/c1-10-2-4-11(5-3-10)16-12-6-7-15-13(8-12)9-14/h2-8H,1H3,(H,15,16). The van der Waals surface area contributed by atoms with Gasteiger partial charge in [0.2, 0.25) is 0 Å². The quantitative estimate of drug-likeness (QED) is 0.827. The van der Waals surface area contributed by atoms with Crippen LogP contribution in [0.3, 0.4) is 0 Å². The summed E-state index contributed by atoms with van der Waals surface area (Å²) in [6, 6.07) is 13.6. The molecule has 0 saturated carbocycles. The lowest BCUT2D eigenvalue weighted by molar-refractivity contribution is 1.26. The summed E-state index contributed by atoms with van der Waals surface area (Å²) < 4.78 is 0. The minimum Gasteiger partial charge on any atom is -0.355 e. The third-order valence-electron chi connectivity index (χ3n) is 2.21. The Morgan fingerprint density at radius 2 is 1.88 bits per heavy atom. The number of rotatable bonds is 2. The molecule has 2 rings (SSSR count). The molecular weight excluding hydrogens is 198 g/mol. The van der Waals surface area contributed by atoms with Crippen LogP contribution >= 0.6 is 0 Å². The molecule has 0 fully saturated rings. The van der Waals surface area contributed by atoms with E-state index in [1.54, 1.807) is 12.3 Å². The minimum absolute atomic E-state index is 0.414. The minimum atomic E-state index is 0.414. The highest BCUT2D eigenvalue weighted by Gasteiger charge is 1.96. The van der Waals surface area contributed by atoms with Crippen molar-refractivity contribution in [2.75, 3.05) is 5.32 Å². The number of hydrogen-bond donors (Lipinski definition) is 1. The van der Waals surface area contributed by atoms with E-state index < -0.39 is 0 Å². The van der Waals surface area contributed by atoms with Gasteiger partial charge in [0.15, 0.2) is 0 Å². The maximum atomic E-state index is 8.72. The Morgan fingerprint density at radius 3 is 2.56 bits per heavy atom. The Morgan fingerprint density at radius 1 is 1.12 bits per heavy atom. The molecule has 0 spiro atoms. The number of pyridine rings is 1. The molecule has 1 aromatic heterocycles. The van der Waals surface area contributed by atoms with Gasteiger partial charge in [-0.05, 0) is 31.2 Å². The molecule has 0 unspecified atom stereocenters. The van der Waals surface area contributed by atoms with Crippen molar-refractivity contribution in [3.05, 3.63) is 53.9 Å². The summed E-state index contributed by atoms with van der Waals surface area (Å²) in [6.07, 6.45) is 1.62. The molecule has 0 aliphatic rings. The summed E-state index contributed by atoms with van der Waals surface area (Å²) in [6.45, 7) is 2.05. The van der Waals surface area contributed by atoms with E-state index in [1.807, 2.05) is 43.3 Å². The monoisotopic (exact) mass is 209 g/mol. The average molecular weight is 209 g/mol. The largest absolute Gasteiger partial charge is 0.355 e. The molecule has 0 atom stereocenters. The van der Waals surface area contributed by atoms with Crippen LogP contribution in [0, 0.1) is 18.3 Å². The number of aromatic nitrogens is 1. The third kappa shape index (κ3) is 2.37. The van der Waals surface area contributed by atoms with Crippen LogP contribution < -0.4 is 5.32 Å². The molecule has 0 saturated heterocycles. The van der Waals surface area contributed by atoms with Crippen molar-refractivity contribution < 1.29 is 0 Å². The van der Waals surface area contributed by atoms with Crippen molar-refractivity contribution >= 4 is 11.4 Å². The van der Waals surface area contributed by atoms with Gasteiger partial charge in [-0.2, -0.15) is 5.26 Å². The van der Waals surface area contributed by atoms with Crippen LogP contribution in [0.15, 0.2) is 42.6 Å². The number of hydrogen-bond acceptors (Lipinski definition) is 3. The highest BCUT2D eigenvalue weighted by molar-refractivity contribution is 5.60. The first-order valence-corrected chi connectivity index (χ1v) is 4.98. The van der Waals surface area contributed by atoms with Gasteiger partial charge in [0.05, 0.1) is 0 Å². The van der Waals surface area contributed by atoms with Crippen LogP contribution in [0.2, 0.25) is 0 Å². The van der Waals surface area contributed by atoms with E-state index in [2.05, 4.69) is 10.3 Å². The molecule has 1 N–H and O–H groups in total. The van der Waals surface area contributed by atoms with E-state index in [-0.39, 0.29) is 0 Å². The molecule has 3 heteroatoms. The topological polar surface area (TPSA) is 48.7 Å². The van der Waals surface area contributed by atoms with Gasteiger partial charge in [-0.15, -0.1) is 0 Å². The first-order chi connectivity index (χ1) is 7.78. The first kappa shape index (κ1) is 10.2. The van der Waals surface area contributed by atoms with Crippen molar-refractivity contribution in [1.29, 1.82) is 5.26 Å². The molecule has 1 aromatic carbocycles. The first-order valence-electron chi connectivity index (χ1n) is 4.98. The van der Waals surface area contributed by atoms with Gasteiger partial charge in [-0.3, -0.25) is 0 Å². The van der Waals surface area contributed by atoms with Crippen molar-refractivity contribution in [3.8, 4) is 6.07 Å². The highest BCUT2D eigenvalue weighted by atomic mass is 14.9. The summed E-state index contributed by atoms with van der Waals surface area (Å²) in [7, 11) is 0. The molecule has 0 aliphatic heterocycles. The van der Waals surface area contributed by atoms with Crippen LogP contribution in [0.1, 0.15) is 11.3 Å². The SMILES string of the molecule is Cc1ccc(Nc2ccnc(C#N)c2)cc1. The summed E-state index contributed by atoms with van der Waals surface area (Å²) >= 11 is 0. The summed E-state index contributed by atoms with van der Waals surface area (Å²) in [4.78, 5) is 3.91. The van der Waals surface area contributed by atoms with E-state index >= 15 is 0 Å². The zero-order chi connectivity index (χ0) is 11.4. The van der Waals surface area contributed by atoms with Crippen LogP contribution in [0.5, 0.6) is 0 Å². The van der Waals surface area contributed by atoms with Crippen LogP contribution in [-0.2, 0) is 0 Å². The fourth-order valence-corrected chi connectivity index (χ4v) is 1.37. The average Bonchev–Trinajstić information content (AvgIpc) is 2.32. The Hall–Kier alpha value is -2.34. The molecule has 0 bridgehead atoms. The van der Waals surface area contributed by atoms with E-state index in [1.165, 1.54) is 5.56 Å². The Kier molecular flexibility index (Phi) is 2.84. The second-order valence-corrected chi connectivity index (χ2v) is 3.53. The van der Waals surface area contributed by atoms with E-state index in [9.17, 15) is 0 Å². The maximum Gasteiger partial charge on any atom is 0.142 e. The van der Waals surface area contributed by atoms with Gasteiger partial charge in [0.25, 0.3) is 0 Å². The predicted octanol–water partition coefficient (Wildman–Crippen LogP) is 3.01. The number of nitrogens with zero attached hydrogens (tertiary/aromatic N) is 2. The summed E-state index contributed by atoms with van der Waals surface area (Å²) in [5.41, 5.74) is 3.51. The van der Waals surface area contributed by atoms with Crippen molar-refractivity contribution in [2.45, 2.75) is 6.92 Å². The summed E-state index contributed by atoms with van der Waals surface area (Å²) in [5, 5.41) is 11.9. The number of aryl methyl sites for hydroxylation is 1. The van der Waals surface area contributed by atoms with Crippen molar-refractivity contribution in [1.82, 2.24) is 4.98 Å². The lowest BCUT2D eigenvalue weighted by atomic mass is 10.2.